The lowest BCUT2D eigenvalue weighted by Crippen LogP contribution is -2.50. The average Bonchev–Trinajstić information content (AvgIpc) is 2.92. The molecular weight excluding hydrogens is 556 g/mol. The van der Waals surface area contributed by atoms with Gasteiger partial charge in [0.15, 0.2) is 5.69 Å². The molecule has 2 heterocycles. The van der Waals surface area contributed by atoms with Crippen molar-refractivity contribution < 1.29 is 27.8 Å². The molecule has 2 amide bonds. The van der Waals surface area contributed by atoms with Gasteiger partial charge in [0.25, 0.3) is 5.91 Å². The van der Waals surface area contributed by atoms with Crippen molar-refractivity contribution in [3.05, 3.63) is 76.1 Å². The summed E-state index contributed by atoms with van der Waals surface area (Å²) >= 11 is 6.00. The summed E-state index contributed by atoms with van der Waals surface area (Å²) in [5, 5.41) is 2.82. The number of hydrogen-bond donors (Lipinski definition) is 2. The van der Waals surface area contributed by atoms with Gasteiger partial charge in [0, 0.05) is 56.1 Å². The van der Waals surface area contributed by atoms with Crippen molar-refractivity contribution in [2.75, 3.05) is 43.5 Å². The molecule has 218 valence electrons. The number of amides is 2. The smallest absolute Gasteiger partial charge is 0.410 e. The number of methoxy groups -OCH3 is 1. The number of nitrogens with two attached hydrogens (primary N) is 1. The van der Waals surface area contributed by atoms with Gasteiger partial charge in [0.2, 0.25) is 0 Å². The first-order chi connectivity index (χ1) is 19.4. The van der Waals surface area contributed by atoms with Crippen LogP contribution in [0, 0.1) is 11.6 Å². The van der Waals surface area contributed by atoms with E-state index in [0.29, 0.717) is 43.2 Å². The number of hydrogen-bond acceptors (Lipinski definition) is 7. The first kappa shape index (κ1) is 29.9. The minimum absolute atomic E-state index is 0.0278. The number of nitrogens with one attached hydrogen (secondary N) is 1. The minimum Gasteiger partial charge on any atom is -0.494 e. The molecule has 0 atom stereocenters. The van der Waals surface area contributed by atoms with Gasteiger partial charge in [-0.3, -0.25) is 4.79 Å². The summed E-state index contributed by atoms with van der Waals surface area (Å²) in [4.78, 5) is 32.5. The van der Waals surface area contributed by atoms with Crippen LogP contribution in [-0.4, -0.2) is 60.8 Å². The molecule has 41 heavy (non-hydrogen) atoms. The SMILES string of the molecule is COc1cc(N2CCN(C(=O)OC(C)(C)C)CC2)ccc1Nc1cc(Cc2c(F)ccc(F)c2Cl)cnc1C(N)=O. The van der Waals surface area contributed by atoms with Crippen LogP contribution in [0.5, 0.6) is 5.75 Å². The molecule has 0 radical (unpaired) electrons. The number of carbonyl (C=O) groups is 2. The summed E-state index contributed by atoms with van der Waals surface area (Å²) in [6.07, 6.45) is 0.968. The van der Waals surface area contributed by atoms with Crippen molar-refractivity contribution in [3.63, 3.8) is 0 Å². The summed E-state index contributed by atoms with van der Waals surface area (Å²) in [7, 11) is 1.52. The molecule has 0 bridgehead atoms. The van der Waals surface area contributed by atoms with Crippen LogP contribution in [-0.2, 0) is 11.2 Å². The number of primary amides is 1. The maximum Gasteiger partial charge on any atom is 0.410 e. The molecule has 1 saturated heterocycles. The fourth-order valence-electron chi connectivity index (χ4n) is 4.43. The number of pyridine rings is 1. The Kier molecular flexibility index (Phi) is 8.86. The Morgan fingerprint density at radius 2 is 1.73 bits per heavy atom. The van der Waals surface area contributed by atoms with E-state index in [2.05, 4.69) is 15.2 Å². The average molecular weight is 588 g/mol. The van der Waals surface area contributed by atoms with E-state index in [0.717, 1.165) is 17.8 Å². The van der Waals surface area contributed by atoms with Gasteiger partial charge >= 0.3 is 6.09 Å². The molecule has 1 fully saturated rings. The van der Waals surface area contributed by atoms with Gasteiger partial charge < -0.3 is 30.3 Å². The molecule has 0 aliphatic carbocycles. The molecule has 1 aliphatic heterocycles. The van der Waals surface area contributed by atoms with E-state index in [4.69, 9.17) is 26.8 Å². The van der Waals surface area contributed by atoms with Crippen LogP contribution in [0.15, 0.2) is 42.6 Å². The topological polar surface area (TPSA) is 110 Å². The van der Waals surface area contributed by atoms with Crippen molar-refractivity contribution in [2.45, 2.75) is 32.8 Å². The van der Waals surface area contributed by atoms with Crippen molar-refractivity contribution in [2.24, 2.45) is 5.73 Å². The van der Waals surface area contributed by atoms with E-state index in [9.17, 15) is 18.4 Å². The molecular formula is C29H32ClF2N5O4. The number of benzene rings is 2. The minimum atomic E-state index is -0.771. The Labute approximate surface area is 242 Å². The highest BCUT2D eigenvalue weighted by Crippen LogP contribution is 2.34. The van der Waals surface area contributed by atoms with Crippen LogP contribution in [0.1, 0.15) is 42.4 Å². The maximum absolute atomic E-state index is 14.4. The zero-order valence-corrected chi connectivity index (χ0v) is 24.0. The van der Waals surface area contributed by atoms with Gasteiger partial charge in [-0.2, -0.15) is 0 Å². The highest BCUT2D eigenvalue weighted by Gasteiger charge is 2.26. The molecule has 9 nitrogen and oxygen atoms in total. The van der Waals surface area contributed by atoms with Gasteiger partial charge in [-0.05, 0) is 56.7 Å². The van der Waals surface area contributed by atoms with E-state index in [-0.39, 0.29) is 34.5 Å². The maximum atomic E-state index is 14.4. The van der Waals surface area contributed by atoms with Crippen LogP contribution < -0.4 is 20.7 Å². The zero-order valence-electron chi connectivity index (χ0n) is 23.3. The lowest BCUT2D eigenvalue weighted by molar-refractivity contribution is 0.0240. The van der Waals surface area contributed by atoms with Gasteiger partial charge in [0.1, 0.15) is 23.0 Å². The van der Waals surface area contributed by atoms with E-state index in [1.165, 1.54) is 13.3 Å². The number of anilines is 3. The Balaban J connectivity index is 1.53. The number of ether oxygens (including phenoxy) is 2. The molecule has 3 N–H and O–H groups in total. The van der Waals surface area contributed by atoms with Gasteiger partial charge in [-0.25, -0.2) is 18.6 Å². The predicted molar refractivity (Wildman–Crippen MR) is 153 cm³/mol. The number of nitrogens with zero attached hydrogens (tertiary/aromatic N) is 3. The number of aromatic nitrogens is 1. The normalized spacial score (nSPS) is 13.6. The second-order valence-corrected chi connectivity index (χ2v) is 10.9. The van der Waals surface area contributed by atoms with Crippen LogP contribution >= 0.6 is 11.6 Å². The predicted octanol–water partition coefficient (Wildman–Crippen LogP) is 5.51. The molecule has 0 saturated carbocycles. The highest BCUT2D eigenvalue weighted by molar-refractivity contribution is 6.31. The second-order valence-electron chi connectivity index (χ2n) is 10.6. The molecule has 3 aromatic rings. The van der Waals surface area contributed by atoms with Crippen LogP contribution in [0.3, 0.4) is 0 Å². The van der Waals surface area contributed by atoms with Crippen molar-refractivity contribution in [1.82, 2.24) is 9.88 Å². The van der Waals surface area contributed by atoms with Crippen LogP contribution in [0.25, 0.3) is 0 Å². The third kappa shape index (κ3) is 7.15. The lowest BCUT2D eigenvalue weighted by atomic mass is 10.0. The largest absolute Gasteiger partial charge is 0.494 e. The molecule has 12 heteroatoms. The van der Waals surface area contributed by atoms with Crippen LogP contribution in [0.2, 0.25) is 5.02 Å². The highest BCUT2D eigenvalue weighted by atomic mass is 35.5. The van der Waals surface area contributed by atoms with Gasteiger partial charge in [-0.15, -0.1) is 0 Å². The molecule has 1 aliphatic rings. The first-order valence-electron chi connectivity index (χ1n) is 13.0. The molecule has 1 aromatic heterocycles. The third-order valence-corrected chi connectivity index (χ3v) is 6.86. The molecule has 2 aromatic carbocycles. The van der Waals surface area contributed by atoms with E-state index < -0.39 is 23.1 Å². The summed E-state index contributed by atoms with van der Waals surface area (Å²) in [5.74, 6) is -1.68. The Morgan fingerprint density at radius 1 is 1.05 bits per heavy atom. The van der Waals surface area contributed by atoms with Gasteiger partial charge in [0.05, 0.1) is 23.5 Å². The Morgan fingerprint density at radius 3 is 2.37 bits per heavy atom. The fourth-order valence-corrected chi connectivity index (χ4v) is 4.65. The molecule has 4 rings (SSSR count). The van der Waals surface area contributed by atoms with Gasteiger partial charge in [-0.1, -0.05) is 11.6 Å². The van der Waals surface area contributed by atoms with Crippen LogP contribution in [0.4, 0.5) is 30.6 Å². The summed E-state index contributed by atoms with van der Waals surface area (Å²) in [6.45, 7) is 7.73. The van der Waals surface area contributed by atoms with E-state index in [1.807, 2.05) is 32.9 Å². The summed E-state index contributed by atoms with van der Waals surface area (Å²) in [6, 6.07) is 9.06. The summed E-state index contributed by atoms with van der Waals surface area (Å²) in [5.41, 5.74) is 7.08. The first-order valence-corrected chi connectivity index (χ1v) is 13.3. The van der Waals surface area contributed by atoms with Crippen molar-refractivity contribution in [3.8, 4) is 5.75 Å². The van der Waals surface area contributed by atoms with Crippen molar-refractivity contribution in [1.29, 1.82) is 0 Å². The third-order valence-electron chi connectivity index (χ3n) is 6.45. The van der Waals surface area contributed by atoms with E-state index >= 15 is 0 Å². The standard InChI is InChI=1S/C29H32ClF2N5O4/c1-29(2,3)41-28(39)37-11-9-36(10-12-37)18-5-8-22(24(15-18)40-4)35-23-14-17(16-34-26(23)27(33)38)13-19-20(31)6-7-21(32)25(19)30/h5-8,14-16,35H,9-13H2,1-4H3,(H2,33,38). The zero-order chi connectivity index (χ0) is 29.9. The van der Waals surface area contributed by atoms with E-state index in [1.54, 1.807) is 17.0 Å². The van der Waals surface area contributed by atoms with Crippen molar-refractivity contribution >= 4 is 40.7 Å². The Bertz CT molecular complexity index is 1460. The number of rotatable bonds is 7. The second kappa shape index (κ2) is 12.2. The quantitative estimate of drug-likeness (QED) is 0.351. The number of carbonyl (C=O) groups excluding carboxylic acids is 2. The lowest BCUT2D eigenvalue weighted by Gasteiger charge is -2.37. The fraction of sp³-hybridized carbons (Fsp3) is 0.345. The Hall–Kier alpha value is -4.12. The molecule has 0 spiro atoms. The summed E-state index contributed by atoms with van der Waals surface area (Å²) < 4.78 is 39.4. The number of piperazine rings is 1. The monoisotopic (exact) mass is 587 g/mol. The molecule has 0 unspecified atom stereocenters. The number of halogens is 3.